The van der Waals surface area contributed by atoms with Gasteiger partial charge in [-0.25, -0.2) is 10.2 Å². The minimum absolute atomic E-state index is 0.168. The third-order valence-corrected chi connectivity index (χ3v) is 3.04. The van der Waals surface area contributed by atoms with Crippen molar-refractivity contribution in [3.05, 3.63) is 59.5 Å². The van der Waals surface area contributed by atoms with Gasteiger partial charge in [0, 0.05) is 0 Å². The zero-order valence-electron chi connectivity index (χ0n) is 11.8. The predicted molar refractivity (Wildman–Crippen MR) is 77.4 cm³/mol. The van der Waals surface area contributed by atoms with Gasteiger partial charge in [-0.3, -0.25) is 10.2 Å². The number of carbonyl (C=O) groups excluding carboxylic acids is 2. The van der Waals surface area contributed by atoms with E-state index >= 15 is 0 Å². The number of benzene rings is 1. The van der Waals surface area contributed by atoms with Crippen molar-refractivity contribution < 1.29 is 14.0 Å². The zero-order valence-corrected chi connectivity index (χ0v) is 11.8. The quantitative estimate of drug-likeness (QED) is 0.757. The van der Waals surface area contributed by atoms with Gasteiger partial charge >= 0.3 is 6.03 Å². The SMILES string of the molecule is Cc1occc1C(=O)NNC(=O)N[C@@H](C)c1ccccc1. The Balaban J connectivity index is 1.83. The molecule has 0 unspecified atom stereocenters. The van der Waals surface area contributed by atoms with Crippen molar-refractivity contribution in [1.82, 2.24) is 16.2 Å². The molecule has 1 aromatic carbocycles. The van der Waals surface area contributed by atoms with Crippen molar-refractivity contribution in [2.45, 2.75) is 19.9 Å². The largest absolute Gasteiger partial charge is 0.469 e. The van der Waals surface area contributed by atoms with Gasteiger partial charge in [0.15, 0.2) is 0 Å². The fourth-order valence-corrected chi connectivity index (χ4v) is 1.86. The van der Waals surface area contributed by atoms with Gasteiger partial charge in [-0.2, -0.15) is 0 Å². The van der Waals surface area contributed by atoms with Crippen LogP contribution >= 0.6 is 0 Å². The van der Waals surface area contributed by atoms with E-state index in [1.807, 2.05) is 37.3 Å². The highest BCUT2D eigenvalue weighted by molar-refractivity contribution is 5.96. The third-order valence-electron chi connectivity index (χ3n) is 3.04. The van der Waals surface area contributed by atoms with Crippen LogP contribution in [-0.4, -0.2) is 11.9 Å². The zero-order chi connectivity index (χ0) is 15.2. The van der Waals surface area contributed by atoms with Crippen molar-refractivity contribution >= 4 is 11.9 Å². The first-order valence-electron chi connectivity index (χ1n) is 6.54. The lowest BCUT2D eigenvalue weighted by Crippen LogP contribution is -2.47. The van der Waals surface area contributed by atoms with Gasteiger partial charge in [0.1, 0.15) is 5.76 Å². The van der Waals surface area contributed by atoms with Crippen molar-refractivity contribution in [2.75, 3.05) is 0 Å². The number of nitrogens with one attached hydrogen (secondary N) is 3. The summed E-state index contributed by atoms with van der Waals surface area (Å²) >= 11 is 0. The molecule has 1 heterocycles. The van der Waals surface area contributed by atoms with Crippen LogP contribution in [0.2, 0.25) is 0 Å². The van der Waals surface area contributed by atoms with Crippen LogP contribution in [0.1, 0.15) is 34.6 Å². The van der Waals surface area contributed by atoms with E-state index in [2.05, 4.69) is 16.2 Å². The van der Waals surface area contributed by atoms with Crippen LogP contribution in [0.3, 0.4) is 0 Å². The van der Waals surface area contributed by atoms with Crippen LogP contribution in [0.5, 0.6) is 0 Å². The first-order valence-corrected chi connectivity index (χ1v) is 6.54. The second kappa shape index (κ2) is 6.60. The average molecular weight is 287 g/mol. The Kier molecular flexibility index (Phi) is 4.61. The number of rotatable bonds is 3. The summed E-state index contributed by atoms with van der Waals surface area (Å²) in [6.45, 7) is 3.53. The summed E-state index contributed by atoms with van der Waals surface area (Å²) < 4.78 is 5.03. The number of hydrazine groups is 1. The van der Waals surface area contributed by atoms with E-state index in [0.29, 0.717) is 11.3 Å². The normalized spacial score (nSPS) is 11.5. The van der Waals surface area contributed by atoms with E-state index < -0.39 is 11.9 Å². The summed E-state index contributed by atoms with van der Waals surface area (Å²) in [7, 11) is 0. The summed E-state index contributed by atoms with van der Waals surface area (Å²) in [6.07, 6.45) is 1.42. The maximum atomic E-state index is 11.8. The molecule has 21 heavy (non-hydrogen) atoms. The summed E-state index contributed by atoms with van der Waals surface area (Å²) in [6, 6.07) is 10.4. The molecule has 0 aliphatic heterocycles. The minimum Gasteiger partial charge on any atom is -0.469 e. The van der Waals surface area contributed by atoms with Crippen molar-refractivity contribution in [2.24, 2.45) is 0 Å². The van der Waals surface area contributed by atoms with E-state index in [4.69, 9.17) is 4.42 Å². The fourth-order valence-electron chi connectivity index (χ4n) is 1.86. The standard InChI is InChI=1S/C15H17N3O3/c1-10(12-6-4-3-5-7-12)16-15(20)18-17-14(19)13-8-9-21-11(13)2/h3-10H,1-2H3,(H,17,19)(H2,16,18,20)/t10-/m0/s1. The molecule has 2 rings (SSSR count). The van der Waals surface area contributed by atoms with Crippen molar-refractivity contribution in [1.29, 1.82) is 0 Å². The van der Waals surface area contributed by atoms with Gasteiger partial charge in [-0.05, 0) is 25.5 Å². The molecule has 1 aromatic heterocycles. The molecule has 0 saturated heterocycles. The Bertz CT molecular complexity index is 622. The number of amides is 3. The number of aryl methyl sites for hydroxylation is 1. The first-order chi connectivity index (χ1) is 10.1. The van der Waals surface area contributed by atoms with E-state index in [0.717, 1.165) is 5.56 Å². The summed E-state index contributed by atoms with van der Waals surface area (Å²) in [5.41, 5.74) is 5.99. The highest BCUT2D eigenvalue weighted by atomic mass is 16.3. The molecular weight excluding hydrogens is 270 g/mol. The monoisotopic (exact) mass is 287 g/mol. The fraction of sp³-hybridized carbons (Fsp3) is 0.200. The highest BCUT2D eigenvalue weighted by Crippen LogP contribution is 2.10. The summed E-state index contributed by atoms with van der Waals surface area (Å²) in [5.74, 6) is 0.0659. The third kappa shape index (κ3) is 3.85. The maximum absolute atomic E-state index is 11.8. The molecule has 0 saturated carbocycles. The predicted octanol–water partition coefficient (Wildman–Crippen LogP) is 2.29. The van der Waals surface area contributed by atoms with Crippen molar-refractivity contribution in [3.63, 3.8) is 0 Å². The number of hydrogen-bond donors (Lipinski definition) is 3. The van der Waals surface area contributed by atoms with E-state index in [9.17, 15) is 9.59 Å². The topological polar surface area (TPSA) is 83.4 Å². The Morgan fingerprint density at radius 1 is 1.10 bits per heavy atom. The van der Waals surface area contributed by atoms with Crippen LogP contribution in [0.4, 0.5) is 4.79 Å². The smallest absolute Gasteiger partial charge is 0.333 e. The van der Waals surface area contributed by atoms with E-state index in [1.165, 1.54) is 12.3 Å². The Morgan fingerprint density at radius 3 is 2.43 bits per heavy atom. The lowest BCUT2D eigenvalue weighted by molar-refractivity contribution is 0.0934. The second-order valence-corrected chi connectivity index (χ2v) is 4.58. The van der Waals surface area contributed by atoms with E-state index in [-0.39, 0.29) is 6.04 Å². The molecular formula is C15H17N3O3. The molecule has 6 heteroatoms. The Morgan fingerprint density at radius 2 is 1.81 bits per heavy atom. The van der Waals surface area contributed by atoms with Crippen LogP contribution in [0, 0.1) is 6.92 Å². The average Bonchev–Trinajstić information content (AvgIpc) is 2.92. The first kappa shape index (κ1) is 14.6. The van der Waals surface area contributed by atoms with Gasteiger partial charge < -0.3 is 9.73 Å². The minimum atomic E-state index is -0.485. The lowest BCUT2D eigenvalue weighted by Gasteiger charge is -2.15. The number of hydrogen-bond acceptors (Lipinski definition) is 3. The van der Waals surface area contributed by atoms with Crippen LogP contribution in [-0.2, 0) is 0 Å². The molecule has 1 atom stereocenters. The Hall–Kier alpha value is -2.76. The molecule has 3 amide bonds. The maximum Gasteiger partial charge on any atom is 0.333 e. The molecule has 6 nitrogen and oxygen atoms in total. The van der Waals surface area contributed by atoms with Crippen LogP contribution in [0.25, 0.3) is 0 Å². The van der Waals surface area contributed by atoms with Gasteiger partial charge in [0.05, 0.1) is 17.9 Å². The van der Waals surface area contributed by atoms with Gasteiger partial charge in [0.2, 0.25) is 0 Å². The second-order valence-electron chi connectivity index (χ2n) is 4.58. The molecule has 0 fully saturated rings. The molecule has 3 N–H and O–H groups in total. The lowest BCUT2D eigenvalue weighted by atomic mass is 10.1. The number of urea groups is 1. The van der Waals surface area contributed by atoms with Crippen LogP contribution < -0.4 is 16.2 Å². The molecule has 110 valence electrons. The molecule has 0 aliphatic rings. The molecule has 0 radical (unpaired) electrons. The molecule has 0 spiro atoms. The van der Waals surface area contributed by atoms with Gasteiger partial charge in [-0.15, -0.1) is 0 Å². The molecule has 2 aromatic rings. The van der Waals surface area contributed by atoms with Gasteiger partial charge in [0.25, 0.3) is 5.91 Å². The van der Waals surface area contributed by atoms with Crippen molar-refractivity contribution in [3.8, 4) is 0 Å². The number of furan rings is 1. The molecule has 0 bridgehead atoms. The summed E-state index contributed by atoms with van der Waals surface area (Å²) in [4.78, 5) is 23.5. The van der Waals surface area contributed by atoms with Gasteiger partial charge in [-0.1, -0.05) is 30.3 Å². The molecule has 0 aliphatic carbocycles. The highest BCUT2D eigenvalue weighted by Gasteiger charge is 2.13. The van der Waals surface area contributed by atoms with E-state index in [1.54, 1.807) is 6.92 Å². The summed E-state index contributed by atoms with van der Waals surface area (Å²) in [5, 5.41) is 2.72. The Labute approximate surface area is 122 Å². The van der Waals surface area contributed by atoms with Crippen LogP contribution in [0.15, 0.2) is 47.1 Å². The number of carbonyl (C=O) groups is 2.